The van der Waals surface area contributed by atoms with Crippen LogP contribution in [0, 0.1) is 13.8 Å². The summed E-state index contributed by atoms with van der Waals surface area (Å²) in [6, 6.07) is 18.8. The third-order valence-electron chi connectivity index (χ3n) is 6.46. The van der Waals surface area contributed by atoms with Crippen molar-refractivity contribution >= 4 is 50.7 Å². The highest BCUT2D eigenvalue weighted by atomic mass is 35.5. The highest BCUT2D eigenvalue weighted by Gasteiger charge is 2.33. The summed E-state index contributed by atoms with van der Waals surface area (Å²) in [5.41, 5.74) is 3.61. The van der Waals surface area contributed by atoms with Gasteiger partial charge in [-0.05, 0) is 55.2 Å². The molecule has 3 aromatic carbocycles. The summed E-state index contributed by atoms with van der Waals surface area (Å²) in [5, 5.41) is 3.59. The van der Waals surface area contributed by atoms with Gasteiger partial charge in [-0.3, -0.25) is 13.9 Å². The second-order valence-corrected chi connectivity index (χ2v) is 12.5. The van der Waals surface area contributed by atoms with E-state index in [2.05, 4.69) is 5.32 Å². The van der Waals surface area contributed by atoms with E-state index in [-0.39, 0.29) is 18.9 Å². The molecule has 0 aliphatic carbocycles. The summed E-state index contributed by atoms with van der Waals surface area (Å²) in [7, 11) is -3.84. The number of benzene rings is 3. The van der Waals surface area contributed by atoms with Crippen LogP contribution in [0.15, 0.2) is 66.7 Å². The number of amides is 2. The van der Waals surface area contributed by atoms with E-state index in [0.717, 1.165) is 33.7 Å². The predicted molar refractivity (Wildman–Crippen MR) is 162 cm³/mol. The molecule has 0 saturated carbocycles. The number of halogens is 2. The van der Waals surface area contributed by atoms with E-state index in [1.165, 1.54) is 4.90 Å². The molecule has 0 spiro atoms. The van der Waals surface area contributed by atoms with Gasteiger partial charge in [0, 0.05) is 19.5 Å². The van der Waals surface area contributed by atoms with Crippen LogP contribution in [0.3, 0.4) is 0 Å². The molecule has 1 atom stereocenters. The molecule has 0 fully saturated rings. The summed E-state index contributed by atoms with van der Waals surface area (Å²) in [4.78, 5) is 29.1. The Balaban J connectivity index is 2.08. The number of carbonyl (C=O) groups is 2. The Labute approximate surface area is 247 Å². The summed E-state index contributed by atoms with van der Waals surface area (Å²) < 4.78 is 27.0. The van der Waals surface area contributed by atoms with E-state index >= 15 is 0 Å². The van der Waals surface area contributed by atoms with Crippen molar-refractivity contribution in [1.29, 1.82) is 0 Å². The number of carbonyl (C=O) groups excluding carboxylic acids is 2. The van der Waals surface area contributed by atoms with Gasteiger partial charge >= 0.3 is 0 Å². The third-order valence-corrected chi connectivity index (χ3v) is 8.32. The number of nitrogens with zero attached hydrogens (tertiary/aromatic N) is 2. The number of nitrogens with one attached hydrogen (secondary N) is 1. The highest BCUT2D eigenvalue weighted by molar-refractivity contribution is 7.92. The van der Waals surface area contributed by atoms with Crippen molar-refractivity contribution in [2.24, 2.45) is 0 Å². The Bertz CT molecular complexity index is 1450. The van der Waals surface area contributed by atoms with Crippen LogP contribution in [-0.2, 0) is 32.6 Å². The van der Waals surface area contributed by atoms with Crippen molar-refractivity contribution < 1.29 is 18.0 Å². The van der Waals surface area contributed by atoms with Gasteiger partial charge in [0.05, 0.1) is 22.0 Å². The summed E-state index contributed by atoms with van der Waals surface area (Å²) in [5.74, 6) is -0.847. The average Bonchev–Trinajstić information content (AvgIpc) is 2.90. The standard InChI is InChI=1S/C30H35Cl2N3O4S/c1-5-15-33-30(37)28(18-23-9-7-6-8-10-23)34(19-24-12-13-25(31)26(32)17-24)29(36)20-35(40(4,38)39)27-14-11-21(2)16-22(27)3/h6-14,16-17,28H,5,15,18-20H2,1-4H3,(H,33,37)/t28-/m1/s1. The zero-order valence-corrected chi connectivity index (χ0v) is 25.5. The highest BCUT2D eigenvalue weighted by Crippen LogP contribution is 2.26. The maximum atomic E-state index is 14.1. The van der Waals surface area contributed by atoms with Crippen LogP contribution in [-0.4, -0.2) is 50.5 Å². The first-order valence-corrected chi connectivity index (χ1v) is 15.6. The van der Waals surface area contributed by atoms with Crippen molar-refractivity contribution in [3.05, 3.63) is 99.0 Å². The van der Waals surface area contributed by atoms with Crippen LogP contribution < -0.4 is 9.62 Å². The number of anilines is 1. The molecular weight excluding hydrogens is 569 g/mol. The smallest absolute Gasteiger partial charge is 0.244 e. The van der Waals surface area contributed by atoms with Gasteiger partial charge in [-0.1, -0.05) is 84.2 Å². The van der Waals surface area contributed by atoms with E-state index in [1.807, 2.05) is 50.2 Å². The zero-order chi connectivity index (χ0) is 29.4. The molecular formula is C30H35Cl2N3O4S. The number of hydrogen-bond acceptors (Lipinski definition) is 4. The first kappa shape index (κ1) is 31.5. The maximum absolute atomic E-state index is 14.1. The Morgan fingerprint density at radius 1 is 0.925 bits per heavy atom. The lowest BCUT2D eigenvalue weighted by Gasteiger charge is -2.34. The van der Waals surface area contributed by atoms with Crippen LogP contribution in [0.5, 0.6) is 0 Å². The normalized spacial score (nSPS) is 12.1. The Morgan fingerprint density at radius 2 is 1.62 bits per heavy atom. The van der Waals surface area contributed by atoms with E-state index in [4.69, 9.17) is 23.2 Å². The van der Waals surface area contributed by atoms with Gasteiger partial charge in [-0.15, -0.1) is 0 Å². The van der Waals surface area contributed by atoms with E-state index in [9.17, 15) is 18.0 Å². The molecule has 0 heterocycles. The summed E-state index contributed by atoms with van der Waals surface area (Å²) in [6.45, 7) is 5.65. The fourth-order valence-corrected chi connectivity index (χ4v) is 5.66. The lowest BCUT2D eigenvalue weighted by molar-refractivity contribution is -0.140. The largest absolute Gasteiger partial charge is 0.354 e. The molecule has 214 valence electrons. The number of sulfonamides is 1. The molecule has 0 bridgehead atoms. The second-order valence-electron chi connectivity index (χ2n) is 9.83. The van der Waals surface area contributed by atoms with Crippen LogP contribution in [0.25, 0.3) is 0 Å². The molecule has 40 heavy (non-hydrogen) atoms. The quantitative estimate of drug-likeness (QED) is 0.294. The number of aryl methyl sites for hydroxylation is 2. The van der Waals surface area contributed by atoms with Gasteiger partial charge in [-0.2, -0.15) is 0 Å². The Kier molecular flexibility index (Phi) is 11.0. The zero-order valence-electron chi connectivity index (χ0n) is 23.2. The van der Waals surface area contributed by atoms with Gasteiger partial charge in [0.1, 0.15) is 12.6 Å². The van der Waals surface area contributed by atoms with Crippen LogP contribution in [0.1, 0.15) is 35.6 Å². The van der Waals surface area contributed by atoms with Gasteiger partial charge in [0.2, 0.25) is 21.8 Å². The van der Waals surface area contributed by atoms with E-state index in [0.29, 0.717) is 27.8 Å². The second kappa shape index (κ2) is 14.0. The number of hydrogen-bond donors (Lipinski definition) is 1. The minimum Gasteiger partial charge on any atom is -0.354 e. The van der Waals surface area contributed by atoms with Gasteiger partial charge in [-0.25, -0.2) is 8.42 Å². The van der Waals surface area contributed by atoms with Crippen LogP contribution >= 0.6 is 23.2 Å². The van der Waals surface area contributed by atoms with Crippen molar-refractivity contribution in [3.63, 3.8) is 0 Å². The Morgan fingerprint density at radius 3 is 2.23 bits per heavy atom. The summed E-state index contributed by atoms with van der Waals surface area (Å²) >= 11 is 12.4. The molecule has 0 unspecified atom stereocenters. The molecule has 0 radical (unpaired) electrons. The first-order chi connectivity index (χ1) is 18.9. The lowest BCUT2D eigenvalue weighted by Crippen LogP contribution is -2.53. The van der Waals surface area contributed by atoms with E-state index in [1.54, 1.807) is 37.3 Å². The predicted octanol–water partition coefficient (Wildman–Crippen LogP) is 5.54. The number of rotatable bonds is 12. The van der Waals surface area contributed by atoms with Crippen molar-refractivity contribution in [2.75, 3.05) is 23.7 Å². The van der Waals surface area contributed by atoms with Crippen LogP contribution in [0.4, 0.5) is 5.69 Å². The minimum atomic E-state index is -3.84. The van der Waals surface area contributed by atoms with Crippen molar-refractivity contribution in [1.82, 2.24) is 10.2 Å². The molecule has 7 nitrogen and oxygen atoms in total. The van der Waals surface area contributed by atoms with E-state index < -0.39 is 28.5 Å². The van der Waals surface area contributed by atoms with Gasteiger partial charge < -0.3 is 10.2 Å². The monoisotopic (exact) mass is 603 g/mol. The average molecular weight is 605 g/mol. The maximum Gasteiger partial charge on any atom is 0.244 e. The van der Waals surface area contributed by atoms with Gasteiger partial charge in [0.25, 0.3) is 0 Å². The molecule has 1 N–H and O–H groups in total. The summed E-state index contributed by atoms with van der Waals surface area (Å²) in [6.07, 6.45) is 2.03. The fourth-order valence-electron chi connectivity index (χ4n) is 4.43. The minimum absolute atomic E-state index is 0.0250. The molecule has 2 amide bonds. The molecule has 0 aromatic heterocycles. The molecule has 0 aliphatic rings. The van der Waals surface area contributed by atoms with Gasteiger partial charge in [0.15, 0.2) is 0 Å². The lowest BCUT2D eigenvalue weighted by atomic mass is 10.0. The Hall–Kier alpha value is -3.07. The molecule has 0 saturated heterocycles. The van der Waals surface area contributed by atoms with Crippen molar-refractivity contribution in [3.8, 4) is 0 Å². The third kappa shape index (κ3) is 8.46. The molecule has 10 heteroatoms. The van der Waals surface area contributed by atoms with Crippen LogP contribution in [0.2, 0.25) is 10.0 Å². The molecule has 0 aliphatic heterocycles. The topological polar surface area (TPSA) is 86.8 Å². The molecule has 3 aromatic rings. The molecule has 3 rings (SSSR count). The fraction of sp³-hybridized carbons (Fsp3) is 0.333. The van der Waals surface area contributed by atoms with Crippen molar-refractivity contribution in [2.45, 2.75) is 46.2 Å². The first-order valence-electron chi connectivity index (χ1n) is 13.0. The SMILES string of the molecule is CCCNC(=O)[C@@H](Cc1ccccc1)N(Cc1ccc(Cl)c(Cl)c1)C(=O)CN(c1ccc(C)cc1C)S(C)(=O)=O.